The van der Waals surface area contributed by atoms with Gasteiger partial charge in [-0.1, -0.05) is 19.9 Å². The Morgan fingerprint density at radius 2 is 1.62 bits per heavy atom. The van der Waals surface area contributed by atoms with E-state index in [0.717, 1.165) is 0 Å². The molecule has 3 heterocycles. The number of benzene rings is 1. The standard InChI is InChI=1S/C33H37N3O6/c1-32(2,31(39)41-6)18-23-17-25-16-22(30(38)33(3,4)20-42-19-24-8-7-9-27(34)35-24)14-15-36(25)28(23)29(37)21-10-12-26(40-5)13-11-21/h7-17H,18-20H2,1-6H3,(H2,34,35). The molecule has 0 aliphatic heterocycles. The number of nitrogens with zero attached hydrogens (tertiary/aromatic N) is 2. The van der Waals surface area contributed by atoms with Crippen LogP contribution in [0.2, 0.25) is 0 Å². The van der Waals surface area contributed by atoms with E-state index in [1.807, 2.05) is 26.0 Å². The SMILES string of the molecule is COC(=O)C(C)(C)Cc1cc2cc(C(=O)C(C)(C)COCc3cccc(N)n3)ccn2c1C(=O)c1ccc(OC)cc1. The van der Waals surface area contributed by atoms with Crippen LogP contribution >= 0.6 is 0 Å². The average Bonchev–Trinajstić information content (AvgIpc) is 3.32. The van der Waals surface area contributed by atoms with Gasteiger partial charge in [0.05, 0.1) is 49.7 Å². The van der Waals surface area contributed by atoms with Gasteiger partial charge < -0.3 is 24.3 Å². The van der Waals surface area contributed by atoms with Crippen LogP contribution in [0.4, 0.5) is 5.82 Å². The summed E-state index contributed by atoms with van der Waals surface area (Å²) in [4.78, 5) is 44.2. The number of Topliss-reactive ketones (excluding diaryl/α,β-unsaturated/α-hetero) is 1. The van der Waals surface area contributed by atoms with Gasteiger partial charge in [0.25, 0.3) is 0 Å². The number of hydrogen-bond acceptors (Lipinski definition) is 8. The maximum absolute atomic E-state index is 13.8. The van der Waals surface area contributed by atoms with Gasteiger partial charge in [-0.25, -0.2) is 4.98 Å². The smallest absolute Gasteiger partial charge is 0.311 e. The van der Waals surface area contributed by atoms with E-state index in [0.29, 0.717) is 45.2 Å². The van der Waals surface area contributed by atoms with E-state index in [1.165, 1.54) is 7.11 Å². The van der Waals surface area contributed by atoms with Crippen LogP contribution in [0.25, 0.3) is 5.52 Å². The first-order valence-electron chi connectivity index (χ1n) is 13.6. The van der Waals surface area contributed by atoms with Crippen molar-refractivity contribution in [2.75, 3.05) is 26.6 Å². The van der Waals surface area contributed by atoms with Gasteiger partial charge in [0.15, 0.2) is 5.78 Å². The summed E-state index contributed by atoms with van der Waals surface area (Å²) in [5, 5.41) is 0. The van der Waals surface area contributed by atoms with Gasteiger partial charge in [0, 0.05) is 22.8 Å². The van der Waals surface area contributed by atoms with Gasteiger partial charge in [-0.3, -0.25) is 14.4 Å². The highest BCUT2D eigenvalue weighted by Crippen LogP contribution is 2.31. The second kappa shape index (κ2) is 12.2. The van der Waals surface area contributed by atoms with E-state index in [2.05, 4.69) is 4.98 Å². The van der Waals surface area contributed by atoms with Crippen molar-refractivity contribution < 1.29 is 28.6 Å². The third-order valence-corrected chi connectivity index (χ3v) is 7.21. The molecule has 0 spiro atoms. The number of carbonyl (C=O) groups is 3. The molecule has 4 aromatic rings. The number of pyridine rings is 2. The summed E-state index contributed by atoms with van der Waals surface area (Å²) in [6.07, 6.45) is 1.99. The van der Waals surface area contributed by atoms with Gasteiger partial charge in [0.1, 0.15) is 11.6 Å². The summed E-state index contributed by atoms with van der Waals surface area (Å²) in [6, 6.07) is 17.5. The molecule has 2 N–H and O–H groups in total. The van der Waals surface area contributed by atoms with E-state index in [1.54, 1.807) is 80.1 Å². The van der Waals surface area contributed by atoms with Gasteiger partial charge >= 0.3 is 5.97 Å². The topological polar surface area (TPSA) is 122 Å². The molecule has 0 atom stereocenters. The number of esters is 1. The van der Waals surface area contributed by atoms with Crippen molar-refractivity contribution in [3.63, 3.8) is 0 Å². The number of anilines is 1. The molecule has 3 aromatic heterocycles. The van der Waals surface area contributed by atoms with Gasteiger partial charge in [-0.15, -0.1) is 0 Å². The number of carbonyl (C=O) groups excluding carboxylic acids is 3. The van der Waals surface area contributed by atoms with Crippen molar-refractivity contribution >= 4 is 28.9 Å². The molecule has 0 saturated carbocycles. The van der Waals surface area contributed by atoms with E-state index in [9.17, 15) is 14.4 Å². The lowest BCUT2D eigenvalue weighted by Crippen LogP contribution is -2.30. The number of nitrogen functional groups attached to an aromatic ring is 1. The van der Waals surface area contributed by atoms with Crippen LogP contribution in [0, 0.1) is 10.8 Å². The molecule has 4 rings (SSSR count). The number of rotatable bonds is 12. The molecular weight excluding hydrogens is 534 g/mol. The van der Waals surface area contributed by atoms with Crippen LogP contribution in [0.1, 0.15) is 65.4 Å². The lowest BCUT2D eigenvalue weighted by molar-refractivity contribution is -0.150. The minimum absolute atomic E-state index is 0.105. The molecule has 1 aromatic carbocycles. The minimum Gasteiger partial charge on any atom is -0.497 e. The summed E-state index contributed by atoms with van der Waals surface area (Å²) in [5.74, 6) is 0.345. The van der Waals surface area contributed by atoms with Crippen LogP contribution in [0.15, 0.2) is 66.9 Å². The van der Waals surface area contributed by atoms with Crippen LogP contribution in [-0.4, -0.2) is 47.7 Å². The van der Waals surface area contributed by atoms with E-state index in [4.69, 9.17) is 19.9 Å². The monoisotopic (exact) mass is 571 g/mol. The summed E-state index contributed by atoms with van der Waals surface area (Å²) in [6.45, 7) is 7.61. The highest BCUT2D eigenvalue weighted by Gasteiger charge is 2.33. The Labute approximate surface area is 245 Å². The minimum atomic E-state index is -0.884. The number of aromatic nitrogens is 2. The zero-order valence-corrected chi connectivity index (χ0v) is 24.9. The Kier molecular flexibility index (Phi) is 8.82. The van der Waals surface area contributed by atoms with Gasteiger partial charge in [-0.05, 0) is 80.4 Å². The van der Waals surface area contributed by atoms with Crippen molar-refractivity contribution in [2.45, 2.75) is 40.7 Å². The van der Waals surface area contributed by atoms with Gasteiger partial charge in [-0.2, -0.15) is 0 Å². The molecule has 0 bridgehead atoms. The molecule has 0 aliphatic rings. The van der Waals surface area contributed by atoms with Crippen LogP contribution in [0.5, 0.6) is 5.75 Å². The zero-order valence-electron chi connectivity index (χ0n) is 24.9. The molecule has 9 nitrogen and oxygen atoms in total. The quantitative estimate of drug-likeness (QED) is 0.179. The zero-order chi connectivity index (χ0) is 30.7. The Bertz CT molecular complexity index is 1620. The molecule has 0 radical (unpaired) electrons. The molecular formula is C33H37N3O6. The van der Waals surface area contributed by atoms with Crippen molar-refractivity contribution in [3.8, 4) is 5.75 Å². The van der Waals surface area contributed by atoms with E-state index in [-0.39, 0.29) is 37.2 Å². The van der Waals surface area contributed by atoms with Crippen molar-refractivity contribution in [3.05, 3.63) is 94.9 Å². The second-order valence-corrected chi connectivity index (χ2v) is 11.6. The third kappa shape index (κ3) is 6.52. The molecule has 0 saturated heterocycles. The molecule has 0 fully saturated rings. The number of hydrogen-bond donors (Lipinski definition) is 1. The summed E-state index contributed by atoms with van der Waals surface area (Å²) in [7, 11) is 2.91. The van der Waals surface area contributed by atoms with Crippen LogP contribution in [-0.2, 0) is 27.3 Å². The molecule has 9 heteroatoms. The Morgan fingerprint density at radius 1 is 0.905 bits per heavy atom. The fourth-order valence-electron chi connectivity index (χ4n) is 4.91. The average molecular weight is 572 g/mol. The van der Waals surface area contributed by atoms with E-state index < -0.39 is 10.8 Å². The molecule has 0 unspecified atom stereocenters. The number of fused-ring (bicyclic) bond motifs is 1. The highest BCUT2D eigenvalue weighted by atomic mass is 16.5. The summed E-state index contributed by atoms with van der Waals surface area (Å²) >= 11 is 0. The Balaban J connectivity index is 1.66. The molecule has 0 amide bonds. The predicted octanol–water partition coefficient (Wildman–Crippen LogP) is 5.32. The van der Waals surface area contributed by atoms with Crippen molar-refractivity contribution in [1.82, 2.24) is 9.38 Å². The maximum Gasteiger partial charge on any atom is 0.311 e. The summed E-state index contributed by atoms with van der Waals surface area (Å²) < 4.78 is 17.9. The second-order valence-electron chi connectivity index (χ2n) is 11.6. The number of methoxy groups -OCH3 is 2. The van der Waals surface area contributed by atoms with Crippen LogP contribution < -0.4 is 10.5 Å². The third-order valence-electron chi connectivity index (χ3n) is 7.21. The fourth-order valence-corrected chi connectivity index (χ4v) is 4.91. The first-order chi connectivity index (χ1) is 19.9. The predicted molar refractivity (Wildman–Crippen MR) is 160 cm³/mol. The fraction of sp³-hybridized carbons (Fsp3) is 0.333. The highest BCUT2D eigenvalue weighted by molar-refractivity contribution is 6.10. The normalized spacial score (nSPS) is 11.9. The Morgan fingerprint density at radius 3 is 2.26 bits per heavy atom. The maximum atomic E-state index is 13.8. The number of ketones is 2. The van der Waals surface area contributed by atoms with Gasteiger partial charge in [0.2, 0.25) is 5.78 Å². The number of nitrogens with two attached hydrogens (primary N) is 1. The van der Waals surface area contributed by atoms with Crippen molar-refractivity contribution in [1.29, 1.82) is 0 Å². The first kappa shape index (κ1) is 30.5. The lowest BCUT2D eigenvalue weighted by Gasteiger charge is -2.23. The van der Waals surface area contributed by atoms with Crippen molar-refractivity contribution in [2.24, 2.45) is 10.8 Å². The first-order valence-corrected chi connectivity index (χ1v) is 13.6. The largest absolute Gasteiger partial charge is 0.497 e. The molecule has 220 valence electrons. The molecule has 0 aliphatic carbocycles. The Hall–Kier alpha value is -4.50. The lowest BCUT2D eigenvalue weighted by atomic mass is 9.85. The summed E-state index contributed by atoms with van der Waals surface area (Å²) in [5.41, 5.74) is 7.43. The van der Waals surface area contributed by atoms with Crippen LogP contribution in [0.3, 0.4) is 0 Å². The van der Waals surface area contributed by atoms with E-state index >= 15 is 0 Å². The number of ether oxygens (including phenoxy) is 3. The molecule has 42 heavy (non-hydrogen) atoms.